The lowest BCUT2D eigenvalue weighted by molar-refractivity contribution is -0.117. The van der Waals surface area contributed by atoms with Crippen molar-refractivity contribution in [2.75, 3.05) is 10.6 Å². The number of benzene rings is 2. The number of carbonyl (C=O) groups is 2. The maximum atomic E-state index is 12.9. The SMILES string of the molecule is Cc1ccccc1Cn1cc(NC(=O)c2cc(NC(=O)C3CC3)n(-c3ccccc3)n2)cn1. The summed E-state index contributed by atoms with van der Waals surface area (Å²) in [6.45, 7) is 2.67. The molecule has 2 aromatic heterocycles. The predicted molar refractivity (Wildman–Crippen MR) is 125 cm³/mol. The Balaban J connectivity index is 1.34. The summed E-state index contributed by atoms with van der Waals surface area (Å²) in [7, 11) is 0. The standard InChI is InChI=1S/C25H24N6O2/c1-17-7-5-6-8-19(17)15-30-16-20(14-26-30)27-25(33)22-13-23(28-24(32)18-11-12-18)31(29-22)21-9-3-2-4-10-21/h2-10,13-14,16,18H,11-12,15H2,1H3,(H,27,33)(H,28,32). The van der Waals surface area contributed by atoms with Crippen molar-refractivity contribution < 1.29 is 9.59 Å². The number of nitrogens with one attached hydrogen (secondary N) is 2. The predicted octanol–water partition coefficient (Wildman–Crippen LogP) is 4.03. The molecule has 1 aliphatic rings. The van der Waals surface area contributed by atoms with Crippen LogP contribution in [0.4, 0.5) is 11.5 Å². The lowest BCUT2D eigenvalue weighted by atomic mass is 10.1. The Morgan fingerprint density at radius 3 is 2.55 bits per heavy atom. The fourth-order valence-corrected chi connectivity index (χ4v) is 3.59. The number of anilines is 2. The third-order valence-electron chi connectivity index (χ3n) is 5.63. The third kappa shape index (κ3) is 4.69. The minimum absolute atomic E-state index is 0.0421. The molecule has 0 bridgehead atoms. The first-order valence-corrected chi connectivity index (χ1v) is 10.9. The van der Waals surface area contributed by atoms with Crippen molar-refractivity contribution in [2.24, 2.45) is 5.92 Å². The highest BCUT2D eigenvalue weighted by atomic mass is 16.2. The van der Waals surface area contributed by atoms with Crippen LogP contribution in [0.3, 0.4) is 0 Å². The Bertz CT molecular complexity index is 1300. The smallest absolute Gasteiger partial charge is 0.276 e. The van der Waals surface area contributed by atoms with Gasteiger partial charge in [0.25, 0.3) is 5.91 Å². The van der Waals surface area contributed by atoms with Gasteiger partial charge in [0, 0.05) is 18.2 Å². The van der Waals surface area contributed by atoms with Crippen molar-refractivity contribution in [3.63, 3.8) is 0 Å². The molecular formula is C25H24N6O2. The molecule has 4 aromatic rings. The number of carbonyl (C=O) groups excluding carboxylic acids is 2. The quantitative estimate of drug-likeness (QED) is 0.454. The number of hydrogen-bond acceptors (Lipinski definition) is 4. The molecule has 0 saturated heterocycles. The molecule has 0 radical (unpaired) electrons. The van der Waals surface area contributed by atoms with Crippen molar-refractivity contribution >= 4 is 23.3 Å². The van der Waals surface area contributed by atoms with E-state index in [9.17, 15) is 9.59 Å². The van der Waals surface area contributed by atoms with E-state index in [-0.39, 0.29) is 23.4 Å². The fraction of sp³-hybridized carbons (Fsp3) is 0.200. The van der Waals surface area contributed by atoms with Crippen LogP contribution >= 0.6 is 0 Å². The van der Waals surface area contributed by atoms with Crippen molar-refractivity contribution in [3.8, 4) is 5.69 Å². The van der Waals surface area contributed by atoms with E-state index in [1.165, 1.54) is 5.56 Å². The van der Waals surface area contributed by atoms with Crippen molar-refractivity contribution in [2.45, 2.75) is 26.3 Å². The van der Waals surface area contributed by atoms with Crippen LogP contribution in [0, 0.1) is 12.8 Å². The average molecular weight is 441 g/mol. The lowest BCUT2D eigenvalue weighted by Crippen LogP contribution is -2.16. The van der Waals surface area contributed by atoms with E-state index in [2.05, 4.69) is 39.9 Å². The topological polar surface area (TPSA) is 93.8 Å². The third-order valence-corrected chi connectivity index (χ3v) is 5.63. The van der Waals surface area contributed by atoms with Crippen LogP contribution in [0.15, 0.2) is 73.1 Å². The molecule has 2 amide bonds. The number of aromatic nitrogens is 4. The van der Waals surface area contributed by atoms with E-state index in [0.29, 0.717) is 18.1 Å². The molecule has 33 heavy (non-hydrogen) atoms. The van der Waals surface area contributed by atoms with Gasteiger partial charge in [-0.15, -0.1) is 0 Å². The molecule has 0 aliphatic heterocycles. The second-order valence-corrected chi connectivity index (χ2v) is 8.23. The van der Waals surface area contributed by atoms with Gasteiger partial charge in [0.15, 0.2) is 5.69 Å². The first-order valence-electron chi connectivity index (χ1n) is 10.9. The normalized spacial score (nSPS) is 13.0. The van der Waals surface area contributed by atoms with Crippen LogP contribution in [-0.2, 0) is 11.3 Å². The van der Waals surface area contributed by atoms with Crippen molar-refractivity contribution in [1.82, 2.24) is 19.6 Å². The highest BCUT2D eigenvalue weighted by Gasteiger charge is 2.30. The number of rotatable bonds is 7. The molecule has 0 atom stereocenters. The van der Waals surface area contributed by atoms with Crippen LogP contribution in [-0.4, -0.2) is 31.4 Å². The highest BCUT2D eigenvalue weighted by Crippen LogP contribution is 2.30. The number of amides is 2. The Morgan fingerprint density at radius 1 is 1.03 bits per heavy atom. The largest absolute Gasteiger partial charge is 0.318 e. The average Bonchev–Trinajstić information content (AvgIpc) is 3.46. The van der Waals surface area contributed by atoms with Crippen molar-refractivity contribution in [3.05, 3.63) is 89.9 Å². The van der Waals surface area contributed by atoms with Crippen LogP contribution < -0.4 is 10.6 Å². The molecular weight excluding hydrogens is 416 g/mol. The summed E-state index contributed by atoms with van der Waals surface area (Å²) in [5.41, 5.74) is 3.89. The van der Waals surface area contributed by atoms with Gasteiger partial charge in [0.05, 0.1) is 24.1 Å². The van der Waals surface area contributed by atoms with Gasteiger partial charge in [0.2, 0.25) is 5.91 Å². The van der Waals surface area contributed by atoms with Gasteiger partial charge in [-0.3, -0.25) is 14.3 Å². The molecule has 1 saturated carbocycles. The Morgan fingerprint density at radius 2 is 1.79 bits per heavy atom. The molecule has 1 aliphatic carbocycles. The van der Waals surface area contributed by atoms with E-state index in [0.717, 1.165) is 24.1 Å². The van der Waals surface area contributed by atoms with Gasteiger partial charge in [-0.1, -0.05) is 42.5 Å². The monoisotopic (exact) mass is 440 g/mol. The van der Waals surface area contributed by atoms with Gasteiger partial charge in [-0.25, -0.2) is 4.68 Å². The summed E-state index contributed by atoms with van der Waals surface area (Å²) in [4.78, 5) is 25.3. The number of para-hydroxylation sites is 1. The zero-order valence-corrected chi connectivity index (χ0v) is 18.2. The zero-order valence-electron chi connectivity index (χ0n) is 18.2. The van der Waals surface area contributed by atoms with Crippen LogP contribution in [0.2, 0.25) is 0 Å². The van der Waals surface area contributed by atoms with Crippen molar-refractivity contribution in [1.29, 1.82) is 0 Å². The first-order chi connectivity index (χ1) is 16.1. The van der Waals surface area contributed by atoms with Gasteiger partial charge in [-0.2, -0.15) is 10.2 Å². The second kappa shape index (κ2) is 8.74. The summed E-state index contributed by atoms with van der Waals surface area (Å²) < 4.78 is 3.36. The van der Waals surface area contributed by atoms with Gasteiger partial charge >= 0.3 is 0 Å². The summed E-state index contributed by atoms with van der Waals surface area (Å²) in [5.74, 6) is 0.0950. The molecule has 2 N–H and O–H groups in total. The fourth-order valence-electron chi connectivity index (χ4n) is 3.59. The Hall–Kier alpha value is -4.20. The minimum atomic E-state index is -0.373. The molecule has 2 aromatic carbocycles. The van der Waals surface area contributed by atoms with E-state index in [1.807, 2.05) is 42.5 Å². The van der Waals surface area contributed by atoms with E-state index < -0.39 is 0 Å². The summed E-state index contributed by atoms with van der Waals surface area (Å²) in [6, 6.07) is 19.1. The van der Waals surface area contributed by atoms with E-state index >= 15 is 0 Å². The maximum absolute atomic E-state index is 12.9. The molecule has 1 fully saturated rings. The minimum Gasteiger partial charge on any atom is -0.318 e. The second-order valence-electron chi connectivity index (χ2n) is 8.23. The molecule has 166 valence electrons. The number of aryl methyl sites for hydroxylation is 1. The molecule has 2 heterocycles. The number of nitrogens with zero attached hydrogens (tertiary/aromatic N) is 4. The molecule has 8 nitrogen and oxygen atoms in total. The van der Waals surface area contributed by atoms with Gasteiger partial charge in [-0.05, 0) is 43.0 Å². The van der Waals surface area contributed by atoms with Gasteiger partial charge in [0.1, 0.15) is 5.82 Å². The first kappa shape index (κ1) is 20.7. The molecule has 8 heteroatoms. The highest BCUT2D eigenvalue weighted by molar-refractivity contribution is 6.04. The van der Waals surface area contributed by atoms with Crippen LogP contribution in [0.25, 0.3) is 5.69 Å². The summed E-state index contributed by atoms with van der Waals surface area (Å²) in [6.07, 6.45) is 5.19. The van der Waals surface area contributed by atoms with E-state index in [4.69, 9.17) is 0 Å². The summed E-state index contributed by atoms with van der Waals surface area (Å²) >= 11 is 0. The molecule has 5 rings (SSSR count). The lowest BCUT2D eigenvalue weighted by Gasteiger charge is -2.08. The molecule has 0 unspecified atom stereocenters. The van der Waals surface area contributed by atoms with Gasteiger partial charge < -0.3 is 10.6 Å². The van der Waals surface area contributed by atoms with Crippen LogP contribution in [0.5, 0.6) is 0 Å². The Labute approximate surface area is 191 Å². The zero-order chi connectivity index (χ0) is 22.8. The number of hydrogen-bond donors (Lipinski definition) is 2. The molecule has 0 spiro atoms. The van der Waals surface area contributed by atoms with Crippen LogP contribution in [0.1, 0.15) is 34.5 Å². The maximum Gasteiger partial charge on any atom is 0.276 e. The summed E-state index contributed by atoms with van der Waals surface area (Å²) in [5, 5.41) is 14.6. The van der Waals surface area contributed by atoms with E-state index in [1.54, 1.807) is 27.8 Å². The Kier molecular flexibility index (Phi) is 5.48.